The van der Waals surface area contributed by atoms with E-state index in [4.69, 9.17) is 16.9 Å². The third-order valence-electron chi connectivity index (χ3n) is 2.88. The normalized spacial score (nSPS) is 9.74. The third kappa shape index (κ3) is 4.43. The number of rotatable bonds is 5. The maximum Gasteiger partial charge on any atom is 0.271 e. The lowest BCUT2D eigenvalue weighted by Crippen LogP contribution is -2.21. The number of nitro benzene ring substituents is 1. The van der Waals surface area contributed by atoms with Gasteiger partial charge in [-0.1, -0.05) is 17.7 Å². The molecule has 2 N–H and O–H groups in total. The molecule has 0 saturated carbocycles. The first kappa shape index (κ1) is 16.3. The van der Waals surface area contributed by atoms with Crippen molar-refractivity contribution >= 4 is 34.6 Å². The van der Waals surface area contributed by atoms with Crippen molar-refractivity contribution in [1.29, 1.82) is 5.26 Å². The largest absolute Gasteiger partial charge is 0.376 e. The van der Waals surface area contributed by atoms with Crippen LogP contribution in [0, 0.1) is 21.4 Å². The fourth-order valence-corrected chi connectivity index (χ4v) is 2.02. The molecule has 0 aliphatic heterocycles. The molecule has 1 amide bonds. The molecular weight excluding hydrogens is 320 g/mol. The lowest BCUT2D eigenvalue weighted by molar-refractivity contribution is -0.384. The molecule has 2 aromatic rings. The van der Waals surface area contributed by atoms with Crippen LogP contribution in [0.5, 0.6) is 0 Å². The molecule has 0 aliphatic rings. The van der Waals surface area contributed by atoms with E-state index in [0.717, 1.165) is 0 Å². The van der Waals surface area contributed by atoms with Crippen molar-refractivity contribution in [2.75, 3.05) is 17.2 Å². The van der Waals surface area contributed by atoms with E-state index in [2.05, 4.69) is 10.6 Å². The highest BCUT2D eigenvalue weighted by Gasteiger charge is 2.08. The predicted octanol–water partition coefficient (Wildman–Crippen LogP) is 3.17. The van der Waals surface area contributed by atoms with Crippen molar-refractivity contribution in [2.45, 2.75) is 0 Å². The van der Waals surface area contributed by atoms with Gasteiger partial charge in [-0.15, -0.1) is 0 Å². The van der Waals surface area contributed by atoms with Gasteiger partial charge in [-0.25, -0.2) is 0 Å². The number of nitrogens with zero attached hydrogens (tertiary/aromatic N) is 2. The average molecular weight is 331 g/mol. The number of anilines is 2. The zero-order chi connectivity index (χ0) is 16.8. The maximum absolute atomic E-state index is 11.9. The summed E-state index contributed by atoms with van der Waals surface area (Å²) in [5.41, 5.74) is 1.18. The van der Waals surface area contributed by atoms with Crippen LogP contribution in [0.4, 0.5) is 17.1 Å². The highest BCUT2D eigenvalue weighted by molar-refractivity contribution is 6.32. The molecule has 0 bridgehead atoms. The average Bonchev–Trinajstić information content (AvgIpc) is 2.53. The summed E-state index contributed by atoms with van der Waals surface area (Å²) in [4.78, 5) is 22.0. The second kappa shape index (κ2) is 7.24. The van der Waals surface area contributed by atoms with Gasteiger partial charge in [-0.05, 0) is 24.3 Å². The lowest BCUT2D eigenvalue weighted by Gasteiger charge is -2.08. The summed E-state index contributed by atoms with van der Waals surface area (Å²) in [6.07, 6.45) is 0. The molecule has 2 aromatic carbocycles. The number of nitriles is 1. The second-order valence-electron chi connectivity index (χ2n) is 4.52. The minimum atomic E-state index is -0.510. The Morgan fingerprint density at radius 1 is 1.26 bits per heavy atom. The van der Waals surface area contributed by atoms with Gasteiger partial charge >= 0.3 is 0 Å². The molecule has 2 rings (SSSR count). The number of hydrogen-bond acceptors (Lipinski definition) is 5. The lowest BCUT2D eigenvalue weighted by atomic mass is 10.2. The number of non-ortho nitro benzene ring substituents is 1. The number of nitro groups is 1. The Labute approximate surface area is 136 Å². The molecule has 0 aromatic heterocycles. The van der Waals surface area contributed by atoms with Gasteiger partial charge in [0.2, 0.25) is 5.91 Å². The van der Waals surface area contributed by atoms with Crippen molar-refractivity contribution in [3.63, 3.8) is 0 Å². The molecule has 23 heavy (non-hydrogen) atoms. The zero-order valence-electron chi connectivity index (χ0n) is 11.7. The van der Waals surface area contributed by atoms with Gasteiger partial charge in [0.25, 0.3) is 5.69 Å². The summed E-state index contributed by atoms with van der Waals surface area (Å²) >= 11 is 5.88. The Morgan fingerprint density at radius 3 is 2.70 bits per heavy atom. The Hall–Kier alpha value is -3.11. The Morgan fingerprint density at radius 2 is 2.04 bits per heavy atom. The SMILES string of the molecule is N#Cc1ccc(NC(=O)CNc2cccc([N+](=O)[O-])c2)cc1Cl. The highest BCUT2D eigenvalue weighted by Crippen LogP contribution is 2.20. The molecule has 116 valence electrons. The molecule has 0 unspecified atom stereocenters. The molecule has 0 fully saturated rings. The van der Waals surface area contributed by atoms with Crippen molar-refractivity contribution in [3.8, 4) is 6.07 Å². The van der Waals surface area contributed by atoms with E-state index in [9.17, 15) is 14.9 Å². The van der Waals surface area contributed by atoms with E-state index in [1.807, 2.05) is 6.07 Å². The first-order chi connectivity index (χ1) is 11.0. The number of carbonyl (C=O) groups excluding carboxylic acids is 1. The van der Waals surface area contributed by atoms with Crippen LogP contribution in [0.2, 0.25) is 5.02 Å². The molecule has 0 spiro atoms. The summed E-state index contributed by atoms with van der Waals surface area (Å²) in [6.45, 7) is -0.0706. The molecule has 0 radical (unpaired) electrons. The fraction of sp³-hybridized carbons (Fsp3) is 0.0667. The summed E-state index contributed by atoms with van der Waals surface area (Å²) in [7, 11) is 0. The molecule has 0 saturated heterocycles. The summed E-state index contributed by atoms with van der Waals surface area (Å²) in [6, 6.07) is 12.3. The molecule has 8 heteroatoms. The van der Waals surface area contributed by atoms with E-state index >= 15 is 0 Å². The van der Waals surface area contributed by atoms with E-state index in [1.165, 1.54) is 30.3 Å². The first-order valence-corrected chi connectivity index (χ1v) is 6.85. The fourth-order valence-electron chi connectivity index (χ4n) is 1.80. The van der Waals surface area contributed by atoms with Gasteiger partial charge in [0, 0.05) is 23.5 Å². The van der Waals surface area contributed by atoms with Crippen LogP contribution in [0.15, 0.2) is 42.5 Å². The van der Waals surface area contributed by atoms with Crippen LogP contribution < -0.4 is 10.6 Å². The van der Waals surface area contributed by atoms with Crippen LogP contribution in [0.1, 0.15) is 5.56 Å². The van der Waals surface area contributed by atoms with Crippen molar-refractivity contribution < 1.29 is 9.72 Å². The number of benzene rings is 2. The monoisotopic (exact) mass is 330 g/mol. The van der Waals surface area contributed by atoms with Crippen LogP contribution in [0.3, 0.4) is 0 Å². The number of amides is 1. The molecule has 7 nitrogen and oxygen atoms in total. The van der Waals surface area contributed by atoms with Crippen LogP contribution in [-0.4, -0.2) is 17.4 Å². The van der Waals surface area contributed by atoms with Gasteiger partial charge in [0.15, 0.2) is 0 Å². The van der Waals surface area contributed by atoms with Gasteiger partial charge in [0.05, 0.1) is 22.1 Å². The number of nitrogens with one attached hydrogen (secondary N) is 2. The Kier molecular flexibility index (Phi) is 5.12. The quantitative estimate of drug-likeness (QED) is 0.646. The smallest absolute Gasteiger partial charge is 0.271 e. The molecule has 0 heterocycles. The first-order valence-electron chi connectivity index (χ1n) is 6.47. The van der Waals surface area contributed by atoms with Gasteiger partial charge in [0.1, 0.15) is 6.07 Å². The zero-order valence-corrected chi connectivity index (χ0v) is 12.5. The minimum absolute atomic E-state index is 0.0608. The summed E-state index contributed by atoms with van der Waals surface area (Å²) in [5.74, 6) is -0.350. The van der Waals surface area contributed by atoms with Crippen molar-refractivity contribution in [2.24, 2.45) is 0 Å². The standard InChI is InChI=1S/C15H11ClN4O3/c16-14-7-12(5-4-10(14)8-17)19-15(21)9-18-11-2-1-3-13(6-11)20(22)23/h1-7,18H,9H2,(H,19,21). The maximum atomic E-state index is 11.9. The van der Waals surface area contributed by atoms with E-state index < -0.39 is 4.92 Å². The molecular formula is C15H11ClN4O3. The Bertz CT molecular complexity index is 802. The van der Waals surface area contributed by atoms with Crippen LogP contribution in [-0.2, 0) is 4.79 Å². The van der Waals surface area contributed by atoms with E-state index in [0.29, 0.717) is 16.9 Å². The van der Waals surface area contributed by atoms with E-state index in [1.54, 1.807) is 12.1 Å². The summed E-state index contributed by atoms with van der Waals surface area (Å²) < 4.78 is 0. The Balaban J connectivity index is 1.95. The minimum Gasteiger partial charge on any atom is -0.376 e. The van der Waals surface area contributed by atoms with Gasteiger partial charge in [-0.3, -0.25) is 14.9 Å². The predicted molar refractivity (Wildman–Crippen MR) is 86.4 cm³/mol. The second-order valence-corrected chi connectivity index (χ2v) is 4.92. The van der Waals surface area contributed by atoms with E-state index in [-0.39, 0.29) is 23.2 Å². The molecule has 0 aliphatic carbocycles. The van der Waals surface area contributed by atoms with Crippen LogP contribution in [0.25, 0.3) is 0 Å². The molecule has 0 atom stereocenters. The highest BCUT2D eigenvalue weighted by atomic mass is 35.5. The summed E-state index contributed by atoms with van der Waals surface area (Å²) in [5, 5.41) is 25.1. The van der Waals surface area contributed by atoms with Crippen LogP contribution >= 0.6 is 11.6 Å². The number of hydrogen-bond donors (Lipinski definition) is 2. The van der Waals surface area contributed by atoms with Crippen molar-refractivity contribution in [3.05, 3.63) is 63.2 Å². The van der Waals surface area contributed by atoms with Gasteiger partial charge < -0.3 is 10.6 Å². The number of halogens is 1. The topological polar surface area (TPSA) is 108 Å². The number of carbonyl (C=O) groups is 1. The van der Waals surface area contributed by atoms with Gasteiger partial charge in [-0.2, -0.15) is 5.26 Å². The third-order valence-corrected chi connectivity index (χ3v) is 3.20. The van der Waals surface area contributed by atoms with Crippen molar-refractivity contribution in [1.82, 2.24) is 0 Å².